The highest BCUT2D eigenvalue weighted by atomic mass is 16.1. The SMILES string of the molecule is CC1(C(N)=O)CCN(Cc2cccnc2C#N)C1. The number of likely N-dealkylation sites (tertiary alicyclic amines) is 1. The number of nitrogens with zero attached hydrogens (tertiary/aromatic N) is 3. The number of amides is 1. The largest absolute Gasteiger partial charge is 0.369 e. The summed E-state index contributed by atoms with van der Waals surface area (Å²) in [4.78, 5) is 17.5. The van der Waals surface area contributed by atoms with E-state index < -0.39 is 5.41 Å². The van der Waals surface area contributed by atoms with Crippen LogP contribution in [0.5, 0.6) is 0 Å². The Hall–Kier alpha value is -1.93. The van der Waals surface area contributed by atoms with Crippen molar-refractivity contribution in [3.8, 4) is 6.07 Å². The maximum absolute atomic E-state index is 11.4. The van der Waals surface area contributed by atoms with Gasteiger partial charge < -0.3 is 5.73 Å². The lowest BCUT2D eigenvalue weighted by atomic mass is 9.89. The molecule has 0 spiro atoms. The number of nitriles is 1. The van der Waals surface area contributed by atoms with Gasteiger partial charge in [0.1, 0.15) is 11.8 Å². The molecule has 1 aliphatic heterocycles. The van der Waals surface area contributed by atoms with Crippen LogP contribution in [0.2, 0.25) is 0 Å². The van der Waals surface area contributed by atoms with Crippen LogP contribution < -0.4 is 5.73 Å². The van der Waals surface area contributed by atoms with E-state index >= 15 is 0 Å². The minimum Gasteiger partial charge on any atom is -0.369 e. The van der Waals surface area contributed by atoms with Crippen LogP contribution in [0.3, 0.4) is 0 Å². The van der Waals surface area contributed by atoms with Gasteiger partial charge in [-0.05, 0) is 26.0 Å². The molecule has 1 aliphatic rings. The molecule has 1 atom stereocenters. The number of rotatable bonds is 3. The molecule has 0 saturated carbocycles. The molecule has 2 rings (SSSR count). The summed E-state index contributed by atoms with van der Waals surface area (Å²) < 4.78 is 0. The highest BCUT2D eigenvalue weighted by Crippen LogP contribution is 2.30. The Labute approximate surface area is 106 Å². The van der Waals surface area contributed by atoms with E-state index in [1.807, 2.05) is 19.1 Å². The van der Waals surface area contributed by atoms with E-state index in [1.54, 1.807) is 6.20 Å². The van der Waals surface area contributed by atoms with E-state index in [9.17, 15) is 4.79 Å². The maximum atomic E-state index is 11.4. The van der Waals surface area contributed by atoms with Gasteiger partial charge in [-0.15, -0.1) is 0 Å². The molecule has 5 nitrogen and oxygen atoms in total. The van der Waals surface area contributed by atoms with Gasteiger partial charge in [0, 0.05) is 24.8 Å². The molecule has 0 radical (unpaired) electrons. The first-order chi connectivity index (χ1) is 8.55. The van der Waals surface area contributed by atoms with Gasteiger partial charge in [-0.1, -0.05) is 6.07 Å². The number of primary amides is 1. The summed E-state index contributed by atoms with van der Waals surface area (Å²) in [6.07, 6.45) is 2.38. The average Bonchev–Trinajstić information content (AvgIpc) is 2.73. The second kappa shape index (κ2) is 4.75. The van der Waals surface area contributed by atoms with Gasteiger partial charge in [0.25, 0.3) is 0 Å². The molecule has 18 heavy (non-hydrogen) atoms. The summed E-state index contributed by atoms with van der Waals surface area (Å²) in [5, 5.41) is 8.98. The zero-order valence-electron chi connectivity index (χ0n) is 10.4. The van der Waals surface area contributed by atoms with E-state index in [0.717, 1.165) is 18.5 Å². The van der Waals surface area contributed by atoms with Gasteiger partial charge in [0.2, 0.25) is 5.91 Å². The number of aromatic nitrogens is 1. The van der Waals surface area contributed by atoms with Crippen molar-refractivity contribution in [2.24, 2.45) is 11.1 Å². The van der Waals surface area contributed by atoms with Crippen molar-refractivity contribution in [1.82, 2.24) is 9.88 Å². The van der Waals surface area contributed by atoms with E-state index in [2.05, 4.69) is 16.0 Å². The molecule has 1 fully saturated rings. The normalized spacial score (nSPS) is 23.8. The minimum atomic E-state index is -0.449. The second-order valence-corrected chi connectivity index (χ2v) is 5.01. The summed E-state index contributed by atoms with van der Waals surface area (Å²) in [7, 11) is 0. The van der Waals surface area contributed by atoms with Crippen LogP contribution in [-0.2, 0) is 11.3 Å². The van der Waals surface area contributed by atoms with Crippen molar-refractivity contribution in [3.05, 3.63) is 29.6 Å². The van der Waals surface area contributed by atoms with Crippen molar-refractivity contribution in [3.63, 3.8) is 0 Å². The van der Waals surface area contributed by atoms with Crippen molar-refractivity contribution in [1.29, 1.82) is 5.26 Å². The first-order valence-corrected chi connectivity index (χ1v) is 5.91. The molecule has 1 aromatic heterocycles. The molecule has 0 aromatic carbocycles. The average molecular weight is 244 g/mol. The zero-order chi connectivity index (χ0) is 13.2. The number of hydrogen-bond donors (Lipinski definition) is 1. The third-order valence-corrected chi connectivity index (χ3v) is 3.54. The smallest absolute Gasteiger partial charge is 0.224 e. The van der Waals surface area contributed by atoms with Gasteiger partial charge in [-0.3, -0.25) is 9.69 Å². The van der Waals surface area contributed by atoms with Gasteiger partial charge in [0.15, 0.2) is 0 Å². The van der Waals surface area contributed by atoms with Crippen LogP contribution in [0.25, 0.3) is 0 Å². The quantitative estimate of drug-likeness (QED) is 0.846. The third-order valence-electron chi connectivity index (χ3n) is 3.54. The molecule has 2 heterocycles. The fourth-order valence-electron chi connectivity index (χ4n) is 2.30. The topological polar surface area (TPSA) is 83.0 Å². The van der Waals surface area contributed by atoms with Gasteiger partial charge in [0.05, 0.1) is 5.41 Å². The molecule has 1 amide bonds. The van der Waals surface area contributed by atoms with E-state index in [1.165, 1.54) is 0 Å². The maximum Gasteiger partial charge on any atom is 0.224 e. The monoisotopic (exact) mass is 244 g/mol. The number of pyridine rings is 1. The highest BCUT2D eigenvalue weighted by Gasteiger charge is 2.38. The van der Waals surface area contributed by atoms with Crippen molar-refractivity contribution in [2.45, 2.75) is 19.9 Å². The van der Waals surface area contributed by atoms with Crippen LogP contribution >= 0.6 is 0 Å². The molecular weight excluding hydrogens is 228 g/mol. The lowest BCUT2D eigenvalue weighted by molar-refractivity contribution is -0.126. The Bertz CT molecular complexity index is 508. The summed E-state index contributed by atoms with van der Waals surface area (Å²) in [6.45, 7) is 3.99. The van der Waals surface area contributed by atoms with Crippen molar-refractivity contribution >= 4 is 5.91 Å². The number of hydrogen-bond acceptors (Lipinski definition) is 4. The summed E-state index contributed by atoms with van der Waals surface area (Å²) in [5.41, 5.74) is 6.31. The fraction of sp³-hybridized carbons (Fsp3) is 0.462. The lowest BCUT2D eigenvalue weighted by Gasteiger charge is -2.21. The van der Waals surface area contributed by atoms with E-state index in [4.69, 9.17) is 11.0 Å². The number of carbonyl (C=O) groups is 1. The molecule has 0 aliphatic carbocycles. The number of nitrogens with two attached hydrogens (primary N) is 1. The van der Waals surface area contributed by atoms with Gasteiger partial charge in [-0.2, -0.15) is 5.26 Å². The third kappa shape index (κ3) is 2.34. The van der Waals surface area contributed by atoms with Crippen molar-refractivity contribution < 1.29 is 4.79 Å². The molecule has 94 valence electrons. The molecule has 1 saturated heterocycles. The van der Waals surface area contributed by atoms with Gasteiger partial charge in [-0.25, -0.2) is 4.98 Å². The van der Waals surface area contributed by atoms with Gasteiger partial charge >= 0.3 is 0 Å². The van der Waals surface area contributed by atoms with Crippen molar-refractivity contribution in [2.75, 3.05) is 13.1 Å². The van der Waals surface area contributed by atoms with Crippen LogP contribution in [0, 0.1) is 16.7 Å². The van der Waals surface area contributed by atoms with Crippen LogP contribution in [-0.4, -0.2) is 28.9 Å². The highest BCUT2D eigenvalue weighted by molar-refractivity contribution is 5.81. The molecule has 5 heteroatoms. The van der Waals surface area contributed by atoms with Crippen LogP contribution in [0.1, 0.15) is 24.6 Å². The molecule has 2 N–H and O–H groups in total. The Morgan fingerprint density at radius 2 is 2.50 bits per heavy atom. The molecule has 0 bridgehead atoms. The predicted molar refractivity (Wildman–Crippen MR) is 66.1 cm³/mol. The summed E-state index contributed by atoms with van der Waals surface area (Å²) in [6, 6.07) is 5.80. The van der Waals surface area contributed by atoms with Crippen LogP contribution in [0.4, 0.5) is 0 Å². The Kier molecular flexibility index (Phi) is 3.30. The molecular formula is C13H16N4O. The zero-order valence-corrected chi connectivity index (χ0v) is 10.4. The summed E-state index contributed by atoms with van der Waals surface area (Å²) >= 11 is 0. The Balaban J connectivity index is 2.09. The first-order valence-electron chi connectivity index (χ1n) is 5.91. The number of carbonyl (C=O) groups excluding carboxylic acids is 1. The molecule has 1 aromatic rings. The van der Waals surface area contributed by atoms with E-state index in [0.29, 0.717) is 18.8 Å². The molecule has 1 unspecified atom stereocenters. The minimum absolute atomic E-state index is 0.253. The van der Waals surface area contributed by atoms with E-state index in [-0.39, 0.29) is 5.91 Å². The standard InChI is InChI=1S/C13H16N4O/c1-13(12(15)18)4-6-17(9-13)8-10-3-2-5-16-11(10)7-14/h2-3,5H,4,6,8-9H2,1H3,(H2,15,18). The Morgan fingerprint density at radius 1 is 1.72 bits per heavy atom. The lowest BCUT2D eigenvalue weighted by Crippen LogP contribution is -2.37. The second-order valence-electron chi connectivity index (χ2n) is 5.01. The predicted octanol–water partition coefficient (Wildman–Crippen LogP) is 0.651. The summed E-state index contributed by atoms with van der Waals surface area (Å²) in [5.74, 6) is -0.253. The fourth-order valence-corrected chi connectivity index (χ4v) is 2.30. The Morgan fingerprint density at radius 3 is 3.11 bits per heavy atom. The van der Waals surface area contributed by atoms with Crippen LogP contribution in [0.15, 0.2) is 18.3 Å². The first kappa shape index (κ1) is 12.5.